The second-order valence-electron chi connectivity index (χ2n) is 14.4. The Labute approximate surface area is 242 Å². The van der Waals surface area contributed by atoms with E-state index in [-0.39, 0.29) is 23.9 Å². The van der Waals surface area contributed by atoms with Crippen molar-refractivity contribution in [2.24, 2.45) is 57.5 Å². The summed E-state index contributed by atoms with van der Waals surface area (Å²) in [6.07, 6.45) is 15.2. The van der Waals surface area contributed by atoms with Crippen LogP contribution in [0.1, 0.15) is 105 Å². The van der Waals surface area contributed by atoms with E-state index in [9.17, 15) is 14.8 Å². The number of carbonyl (C=O) groups is 1. The fraction of sp³-hybridized carbons (Fsp3) is 0.906. The van der Waals surface area contributed by atoms with Crippen LogP contribution in [0.15, 0.2) is 16.9 Å². The van der Waals surface area contributed by atoms with E-state index in [0.717, 1.165) is 48.4 Å². The third-order valence-electron chi connectivity index (χ3n) is 11.8. The highest BCUT2D eigenvalue weighted by molar-refractivity contribution is 6.18. The number of hydrogen-bond acceptors (Lipinski definition) is 4. The number of urea groups is 1. The number of nitrogens with one attached hydrogen (secondary N) is 1. The van der Waals surface area contributed by atoms with E-state index in [2.05, 4.69) is 51.3 Å². The number of carbonyl (C=O) groups excluding carboxylic acids is 1. The predicted molar refractivity (Wildman–Crippen MR) is 159 cm³/mol. The van der Waals surface area contributed by atoms with Crippen molar-refractivity contribution in [3.05, 3.63) is 16.6 Å². The van der Waals surface area contributed by atoms with Crippen LogP contribution in [0.5, 0.6) is 0 Å². The van der Waals surface area contributed by atoms with Gasteiger partial charge in [0.2, 0.25) is 0 Å². The van der Waals surface area contributed by atoms with Crippen LogP contribution in [0.2, 0.25) is 0 Å². The molecule has 9 atom stereocenters. The number of rotatable bonds is 11. The molecule has 2 N–H and O–H groups in total. The first-order valence-corrected chi connectivity index (χ1v) is 16.4. The number of alkyl halides is 1. The van der Waals surface area contributed by atoms with Gasteiger partial charge in [-0.2, -0.15) is 5.01 Å². The maximum absolute atomic E-state index is 12.5. The first-order chi connectivity index (χ1) is 18.5. The standard InChI is InChI=1S/C32H54ClN3O3/c1-21(2)7-6-8-22(3)26-9-10-27-29-23(13-17-34-30(38)36(35-39)18-16-33)19-24-20-25(37)11-14-31(24,4)28(29)12-15-32(26,27)5/h19,21-23,25-29,37H,6-18,20H2,1-5H3,(H,34,38)/t22-,23+,25+,26-,27+,28+,29+,31+,32-/m1/s1. The molecule has 0 heterocycles. The Morgan fingerprint density at radius 1 is 1.15 bits per heavy atom. The quantitative estimate of drug-likeness (QED) is 0.116. The second-order valence-corrected chi connectivity index (χ2v) is 14.8. The molecule has 3 saturated carbocycles. The summed E-state index contributed by atoms with van der Waals surface area (Å²) >= 11 is 5.73. The monoisotopic (exact) mass is 563 g/mol. The fourth-order valence-corrected chi connectivity index (χ4v) is 9.96. The number of allylic oxidation sites excluding steroid dienone is 1. The second kappa shape index (κ2) is 12.8. The Morgan fingerprint density at radius 2 is 1.92 bits per heavy atom. The molecule has 0 aromatic rings. The molecule has 4 rings (SSSR count). The van der Waals surface area contributed by atoms with Gasteiger partial charge in [0.1, 0.15) is 0 Å². The zero-order chi connectivity index (χ0) is 28.4. The molecule has 0 aliphatic heterocycles. The summed E-state index contributed by atoms with van der Waals surface area (Å²) in [7, 11) is 0. The molecule has 0 spiro atoms. The lowest BCUT2D eigenvalue weighted by atomic mass is 9.44. The molecule has 4 aliphatic carbocycles. The third-order valence-corrected chi connectivity index (χ3v) is 12.0. The molecule has 39 heavy (non-hydrogen) atoms. The molecule has 0 unspecified atom stereocenters. The summed E-state index contributed by atoms with van der Waals surface area (Å²) in [5.41, 5.74) is 2.02. The van der Waals surface area contributed by atoms with Crippen molar-refractivity contribution in [2.45, 2.75) is 111 Å². The minimum Gasteiger partial charge on any atom is -0.393 e. The van der Waals surface area contributed by atoms with Gasteiger partial charge in [0.25, 0.3) is 0 Å². The van der Waals surface area contributed by atoms with Crippen molar-refractivity contribution in [1.29, 1.82) is 0 Å². The van der Waals surface area contributed by atoms with Gasteiger partial charge in [0.15, 0.2) is 0 Å². The number of fused-ring (bicyclic) bond motifs is 5. The van der Waals surface area contributed by atoms with Crippen molar-refractivity contribution in [1.82, 2.24) is 10.3 Å². The number of amides is 2. The van der Waals surface area contributed by atoms with E-state index < -0.39 is 6.03 Å². The van der Waals surface area contributed by atoms with Gasteiger partial charge in [-0.15, -0.1) is 16.5 Å². The number of aliphatic hydroxyl groups is 1. The van der Waals surface area contributed by atoms with Gasteiger partial charge in [-0.05, 0) is 104 Å². The molecule has 7 heteroatoms. The zero-order valence-corrected chi connectivity index (χ0v) is 25.9. The lowest BCUT2D eigenvalue weighted by molar-refractivity contribution is -0.0767. The lowest BCUT2D eigenvalue weighted by Crippen LogP contribution is -2.53. The molecule has 2 amide bonds. The number of aliphatic hydroxyl groups excluding tert-OH is 1. The van der Waals surface area contributed by atoms with Crippen molar-refractivity contribution >= 4 is 17.6 Å². The smallest absolute Gasteiger partial charge is 0.340 e. The maximum Gasteiger partial charge on any atom is 0.340 e. The highest BCUT2D eigenvalue weighted by Crippen LogP contribution is 2.68. The number of nitroso groups, excluding NO2 is 1. The van der Waals surface area contributed by atoms with E-state index in [1.54, 1.807) is 0 Å². The normalized spacial score (nSPS) is 38.3. The first-order valence-electron chi connectivity index (χ1n) is 15.9. The average Bonchev–Trinajstić information content (AvgIpc) is 3.24. The van der Waals surface area contributed by atoms with Crippen LogP contribution >= 0.6 is 11.6 Å². The number of nitrogens with zero attached hydrogens (tertiary/aromatic N) is 2. The van der Waals surface area contributed by atoms with Crippen LogP contribution in [0.3, 0.4) is 0 Å². The number of halogens is 1. The van der Waals surface area contributed by atoms with Crippen LogP contribution in [0.25, 0.3) is 0 Å². The molecule has 222 valence electrons. The SMILES string of the molecule is CC(C)CCC[C@@H](C)[C@H]1CC[C@H]2[C@@H]3[C@@H](CCNC(=O)N(CCCl)N=O)C=C4C[C@@H](O)CC[C@]4(C)[C@H]3CC[C@]12C. The van der Waals surface area contributed by atoms with Crippen LogP contribution in [0, 0.1) is 57.2 Å². The maximum atomic E-state index is 12.5. The van der Waals surface area contributed by atoms with Gasteiger partial charge in [0.05, 0.1) is 17.9 Å². The van der Waals surface area contributed by atoms with Gasteiger partial charge >= 0.3 is 6.03 Å². The van der Waals surface area contributed by atoms with E-state index in [1.807, 2.05) is 0 Å². The third kappa shape index (κ3) is 6.22. The van der Waals surface area contributed by atoms with Crippen molar-refractivity contribution in [2.75, 3.05) is 19.0 Å². The van der Waals surface area contributed by atoms with Crippen LogP contribution in [-0.4, -0.2) is 41.2 Å². The summed E-state index contributed by atoms with van der Waals surface area (Å²) in [6.45, 7) is 12.9. The predicted octanol–water partition coefficient (Wildman–Crippen LogP) is 7.94. The summed E-state index contributed by atoms with van der Waals surface area (Å²) < 4.78 is 0. The van der Waals surface area contributed by atoms with E-state index in [4.69, 9.17) is 11.6 Å². The van der Waals surface area contributed by atoms with E-state index in [1.165, 1.54) is 50.5 Å². The Kier molecular flexibility index (Phi) is 10.1. The fourth-order valence-electron chi connectivity index (χ4n) is 9.80. The minimum atomic E-state index is -0.465. The largest absolute Gasteiger partial charge is 0.393 e. The molecule has 0 radical (unpaired) electrons. The first kappa shape index (κ1) is 30.8. The Bertz CT molecular complexity index is 896. The summed E-state index contributed by atoms with van der Waals surface area (Å²) in [4.78, 5) is 23.6. The van der Waals surface area contributed by atoms with Gasteiger partial charge in [-0.25, -0.2) is 4.79 Å². The van der Waals surface area contributed by atoms with E-state index in [0.29, 0.717) is 35.6 Å². The van der Waals surface area contributed by atoms with Gasteiger partial charge < -0.3 is 10.4 Å². The Morgan fingerprint density at radius 3 is 2.62 bits per heavy atom. The van der Waals surface area contributed by atoms with Crippen LogP contribution in [-0.2, 0) is 0 Å². The van der Waals surface area contributed by atoms with Crippen molar-refractivity contribution in [3.63, 3.8) is 0 Å². The summed E-state index contributed by atoms with van der Waals surface area (Å²) in [5.74, 6) is 4.87. The van der Waals surface area contributed by atoms with Crippen molar-refractivity contribution in [3.8, 4) is 0 Å². The lowest BCUT2D eigenvalue weighted by Gasteiger charge is -2.60. The van der Waals surface area contributed by atoms with Gasteiger partial charge in [0, 0.05) is 12.4 Å². The van der Waals surface area contributed by atoms with E-state index >= 15 is 0 Å². The van der Waals surface area contributed by atoms with Crippen LogP contribution < -0.4 is 5.32 Å². The molecule has 3 fully saturated rings. The summed E-state index contributed by atoms with van der Waals surface area (Å²) in [6, 6.07) is -0.465. The highest BCUT2D eigenvalue weighted by Gasteiger charge is 2.60. The molecule has 0 saturated heterocycles. The zero-order valence-electron chi connectivity index (χ0n) is 25.1. The topological polar surface area (TPSA) is 82.0 Å². The molecule has 0 bridgehead atoms. The summed E-state index contributed by atoms with van der Waals surface area (Å²) in [5, 5.41) is 17.2. The molecule has 4 aliphatic rings. The Balaban J connectivity index is 1.54. The highest BCUT2D eigenvalue weighted by atomic mass is 35.5. The number of hydrogen-bond donors (Lipinski definition) is 2. The molecule has 0 aromatic carbocycles. The van der Waals surface area contributed by atoms with Crippen LogP contribution in [0.4, 0.5) is 4.79 Å². The van der Waals surface area contributed by atoms with Gasteiger partial charge in [-0.1, -0.05) is 65.5 Å². The minimum absolute atomic E-state index is 0.114. The molecular weight excluding hydrogens is 510 g/mol. The average molecular weight is 564 g/mol. The molecule has 6 nitrogen and oxygen atoms in total. The molecule has 0 aromatic heterocycles. The van der Waals surface area contributed by atoms with Gasteiger partial charge in [-0.3, -0.25) is 0 Å². The molecular formula is C32H54ClN3O3. The van der Waals surface area contributed by atoms with Crippen molar-refractivity contribution < 1.29 is 9.90 Å². The Hall–Kier alpha value is -1.14.